The summed E-state index contributed by atoms with van der Waals surface area (Å²) in [7, 11) is 0. The first-order valence-electron chi connectivity index (χ1n) is 50.0. The number of carbonyl (C=O) groups is 5. The van der Waals surface area contributed by atoms with Gasteiger partial charge in [-0.15, -0.1) is 0 Å². The van der Waals surface area contributed by atoms with E-state index in [4.69, 9.17) is 86.8 Å². The first-order chi connectivity index (χ1) is 60.1. The van der Waals surface area contributed by atoms with Gasteiger partial charge >= 0.3 is 29.8 Å². The van der Waals surface area contributed by atoms with Gasteiger partial charge in [0.05, 0.1) is 52.9 Å². The molecule has 0 heterocycles. The Morgan fingerprint density at radius 3 is 0.331 bits per heavy atom. The zero-order valence-electron chi connectivity index (χ0n) is 80.4. The molecule has 0 aliphatic carbocycles. The molecule has 22 heteroatoms. The Morgan fingerprint density at radius 1 is 0.161 bits per heavy atom. The van der Waals surface area contributed by atoms with Crippen LogP contribution in [-0.4, -0.2) is 194 Å². The molecule has 0 fully saturated rings. The van der Waals surface area contributed by atoms with Gasteiger partial charge in [0.15, 0.2) is 0 Å². The minimum atomic E-state index is -0.954. The van der Waals surface area contributed by atoms with Crippen LogP contribution >= 0.6 is 0 Å². The maximum absolute atomic E-state index is 10.3. The van der Waals surface area contributed by atoms with E-state index < -0.39 is 54.3 Å². The second-order valence-corrected chi connectivity index (χ2v) is 32.7. The van der Waals surface area contributed by atoms with Gasteiger partial charge in [0.2, 0.25) is 0 Å². The van der Waals surface area contributed by atoms with Crippen molar-refractivity contribution in [1.82, 2.24) is 0 Å². The van der Waals surface area contributed by atoms with Crippen molar-refractivity contribution in [3.63, 3.8) is 0 Å². The average Bonchev–Trinajstić information content (AvgIpc) is 1.12. The lowest BCUT2D eigenvalue weighted by Gasteiger charge is -1.99. The van der Waals surface area contributed by atoms with Crippen molar-refractivity contribution >= 4 is 29.8 Å². The van der Waals surface area contributed by atoms with Crippen LogP contribution in [0, 0.1) is 0 Å². The van der Waals surface area contributed by atoms with E-state index in [1.54, 1.807) is 0 Å². The highest BCUT2D eigenvalue weighted by Gasteiger charge is 2.03. The van der Waals surface area contributed by atoms with Crippen molar-refractivity contribution in [2.75, 3.05) is 52.9 Å². The molecule has 0 atom stereocenters. The van der Waals surface area contributed by atoms with E-state index in [1.165, 1.54) is 353 Å². The molecule has 0 unspecified atom stereocenters. The topological polar surface area (TPSA) is 429 Å². The summed E-state index contributed by atoms with van der Waals surface area (Å²) < 4.78 is 0. The number of allylic oxidation sites excluding steroid dienone is 10. The third kappa shape index (κ3) is 171. The van der Waals surface area contributed by atoms with E-state index in [9.17, 15) is 24.0 Å². The molecule has 22 nitrogen and oxygen atoms in total. The molecule has 0 aliphatic heterocycles. The van der Waals surface area contributed by atoms with Crippen LogP contribution in [0.4, 0.5) is 0 Å². The summed E-state index contributed by atoms with van der Waals surface area (Å²) in [5.74, 6) is -3.32. The summed E-state index contributed by atoms with van der Waals surface area (Å²) in [6, 6.07) is 0. The van der Waals surface area contributed by atoms with E-state index >= 15 is 0 Å². The van der Waals surface area contributed by atoms with E-state index in [0.29, 0.717) is 32.1 Å². The summed E-state index contributed by atoms with van der Waals surface area (Å²) in [6.45, 7) is 8.38. The number of carboxylic acids is 5. The van der Waals surface area contributed by atoms with Crippen LogP contribution in [0.2, 0.25) is 0 Å². The van der Waals surface area contributed by atoms with Crippen LogP contribution in [0.5, 0.6) is 0 Å². The fourth-order valence-corrected chi connectivity index (χ4v) is 12.0. The minimum Gasteiger partial charge on any atom is -0.481 e. The predicted octanol–water partition coefficient (Wildman–Crippen LogP) is 23.9. The van der Waals surface area contributed by atoms with E-state index in [1.807, 2.05) is 0 Å². The Kier molecular flexibility index (Phi) is 149. The Balaban J connectivity index is -0.000000178. The molecule has 0 aliphatic rings. The molecule has 0 aromatic carbocycles. The lowest BCUT2D eigenvalue weighted by Crippen LogP contribution is -2.15. The van der Waals surface area contributed by atoms with E-state index in [2.05, 4.69) is 95.4 Å². The van der Waals surface area contributed by atoms with Crippen molar-refractivity contribution < 1.29 is 111 Å². The number of rotatable bonds is 83. The number of aliphatic hydroxyl groups is 12. The lowest BCUT2D eigenvalue weighted by atomic mass is 10.1. The number of aliphatic hydroxyl groups excluding tert-OH is 12. The second kappa shape index (κ2) is 134. The first kappa shape index (κ1) is 137. The van der Waals surface area contributed by atoms with Crippen LogP contribution in [0.3, 0.4) is 0 Å². The molecule has 0 spiro atoms. The molecule has 124 heavy (non-hydrogen) atoms. The van der Waals surface area contributed by atoms with Gasteiger partial charge in [0.25, 0.3) is 0 Å². The molecule has 0 aromatic rings. The third-order valence-corrected chi connectivity index (χ3v) is 19.9. The Labute approximate surface area is 759 Å². The lowest BCUT2D eigenvalue weighted by molar-refractivity contribution is -0.138. The SMILES string of the molecule is CCCCCCCCC=CCCCCCCCC(=O)O.CCCCCCCCC=CCCCCCCCC(=O)O.CCCCCCCCC=CCCCCCCCC(=O)O.CCCCCCCCC=CCCCCCCCC(=O)O.CCCCCCCCC=CCCCCCCCC(=O)O.OCC(O)CO.OCC(O)CO.OCC(O)CO.OCC(O)CO. The maximum atomic E-state index is 10.3. The summed E-state index contributed by atoms with van der Waals surface area (Å²) in [4.78, 5) is 51.6. The van der Waals surface area contributed by atoms with Crippen LogP contribution in [-0.2, 0) is 24.0 Å². The fourth-order valence-electron chi connectivity index (χ4n) is 12.0. The summed E-state index contributed by atoms with van der Waals surface area (Å²) in [5, 5.41) is 139. The number of aliphatic carboxylic acids is 5. The largest absolute Gasteiger partial charge is 0.481 e. The Hall–Kier alpha value is -4.43. The van der Waals surface area contributed by atoms with Crippen molar-refractivity contribution in [3.8, 4) is 0 Å². The predicted molar refractivity (Wildman–Crippen MR) is 516 cm³/mol. The fraction of sp³-hybridized carbons (Fsp3) is 0.853. The van der Waals surface area contributed by atoms with Gasteiger partial charge in [-0.05, 0) is 161 Å². The highest BCUT2D eigenvalue weighted by Crippen LogP contribution is 2.17. The molecule has 0 saturated carbocycles. The van der Waals surface area contributed by atoms with Crippen molar-refractivity contribution in [3.05, 3.63) is 60.8 Å². The van der Waals surface area contributed by atoms with Gasteiger partial charge < -0.3 is 86.8 Å². The van der Waals surface area contributed by atoms with Gasteiger partial charge in [-0.2, -0.15) is 0 Å². The van der Waals surface area contributed by atoms with E-state index in [-0.39, 0.29) is 52.9 Å². The molecule has 0 saturated heterocycles. The van der Waals surface area contributed by atoms with Gasteiger partial charge in [-0.3, -0.25) is 24.0 Å². The summed E-state index contributed by atoms with van der Waals surface area (Å²) in [6.07, 6.45) is 102. The molecule has 0 amide bonds. The zero-order valence-corrected chi connectivity index (χ0v) is 80.4. The molecular formula is C102H202O22. The van der Waals surface area contributed by atoms with Crippen LogP contribution in [0.1, 0.15) is 484 Å². The Bertz CT molecular complexity index is 1780. The molecule has 0 aromatic heterocycles. The van der Waals surface area contributed by atoms with Crippen LogP contribution in [0.15, 0.2) is 60.8 Å². The second-order valence-electron chi connectivity index (χ2n) is 32.7. The minimum absolute atomic E-state index is 0.332. The smallest absolute Gasteiger partial charge is 0.303 e. The van der Waals surface area contributed by atoms with Crippen molar-refractivity contribution in [2.24, 2.45) is 0 Å². The first-order valence-corrected chi connectivity index (χ1v) is 50.0. The van der Waals surface area contributed by atoms with E-state index in [0.717, 1.165) is 64.2 Å². The van der Waals surface area contributed by atoms with Gasteiger partial charge in [0, 0.05) is 32.1 Å². The average molecular weight is 1780 g/mol. The molecule has 0 radical (unpaired) electrons. The number of carboxylic acid groups (broad SMARTS) is 5. The monoisotopic (exact) mass is 1780 g/mol. The molecular weight excluding hydrogens is 1580 g/mol. The molecule has 0 rings (SSSR count). The number of hydrogen-bond acceptors (Lipinski definition) is 17. The highest BCUT2D eigenvalue weighted by molar-refractivity contribution is 5.67. The summed E-state index contributed by atoms with van der Waals surface area (Å²) >= 11 is 0. The normalized spacial score (nSPS) is 11.0. The van der Waals surface area contributed by atoms with Gasteiger partial charge in [-0.25, -0.2) is 0 Å². The zero-order chi connectivity index (χ0) is 94.4. The number of hydrogen-bond donors (Lipinski definition) is 17. The quantitative estimate of drug-likeness (QED) is 0.0199. The third-order valence-electron chi connectivity index (χ3n) is 19.9. The van der Waals surface area contributed by atoms with Crippen LogP contribution in [0.25, 0.3) is 0 Å². The molecule has 0 bridgehead atoms. The van der Waals surface area contributed by atoms with Gasteiger partial charge in [0.1, 0.15) is 24.4 Å². The van der Waals surface area contributed by atoms with Gasteiger partial charge in [-0.1, -0.05) is 352 Å². The number of unbranched alkanes of at least 4 members (excludes halogenated alkanes) is 55. The summed E-state index contributed by atoms with van der Waals surface area (Å²) in [5.41, 5.74) is 0. The molecule has 17 N–H and O–H groups in total. The highest BCUT2D eigenvalue weighted by atomic mass is 16.4. The Morgan fingerprint density at radius 2 is 0.250 bits per heavy atom. The molecule has 742 valence electrons. The standard InChI is InChI=1S/5C18H34O2.4C3H8O3/c5*1-2-3-4-5-6-7-8-9-10-11-12-13-14-15-16-17-18(19)20;4*4-1-3(6)2-5/h5*9-10H,2-8,11-17H2,1H3,(H,19,20);4*3-6H,1-2H2. The van der Waals surface area contributed by atoms with Crippen LogP contribution < -0.4 is 0 Å². The maximum Gasteiger partial charge on any atom is 0.303 e. The van der Waals surface area contributed by atoms with Crippen molar-refractivity contribution in [2.45, 2.75) is 508 Å². The van der Waals surface area contributed by atoms with Crippen molar-refractivity contribution in [1.29, 1.82) is 0 Å².